The summed E-state index contributed by atoms with van der Waals surface area (Å²) in [6.45, 7) is 0.468. The zero-order valence-electron chi connectivity index (χ0n) is 13.9. The lowest BCUT2D eigenvalue weighted by molar-refractivity contribution is -0.118. The highest BCUT2D eigenvalue weighted by molar-refractivity contribution is 7.99. The van der Waals surface area contributed by atoms with Gasteiger partial charge in [-0.3, -0.25) is 9.89 Å². The van der Waals surface area contributed by atoms with E-state index in [9.17, 15) is 4.79 Å². The number of hydrogen-bond acceptors (Lipinski definition) is 4. The molecule has 0 bridgehead atoms. The summed E-state index contributed by atoms with van der Waals surface area (Å²) in [5, 5.41) is 11.0. The number of rotatable bonds is 7. The molecule has 1 amide bonds. The highest BCUT2D eigenvalue weighted by Gasteiger charge is 2.06. The van der Waals surface area contributed by atoms with Crippen molar-refractivity contribution in [1.82, 2.24) is 20.5 Å². The van der Waals surface area contributed by atoms with Crippen molar-refractivity contribution in [2.24, 2.45) is 0 Å². The summed E-state index contributed by atoms with van der Waals surface area (Å²) in [5.41, 5.74) is 2.08. The molecule has 0 atom stereocenters. The van der Waals surface area contributed by atoms with E-state index >= 15 is 0 Å². The summed E-state index contributed by atoms with van der Waals surface area (Å²) in [4.78, 5) is 16.3. The molecule has 132 valence electrons. The zero-order chi connectivity index (χ0) is 18.2. The maximum atomic E-state index is 11.9. The molecular weight excluding hydrogens is 368 g/mol. The second-order valence-corrected chi connectivity index (χ2v) is 6.82. The lowest BCUT2D eigenvalue weighted by Gasteiger charge is -2.04. The van der Waals surface area contributed by atoms with Gasteiger partial charge in [0, 0.05) is 11.6 Å². The van der Waals surface area contributed by atoms with E-state index < -0.39 is 0 Å². The number of aromatic nitrogens is 3. The highest BCUT2D eigenvalue weighted by atomic mass is 35.5. The van der Waals surface area contributed by atoms with Gasteiger partial charge in [-0.05, 0) is 29.3 Å². The molecule has 0 aliphatic carbocycles. The van der Waals surface area contributed by atoms with Crippen LogP contribution in [0.3, 0.4) is 0 Å². The fraction of sp³-hybridized carbons (Fsp3) is 0.105. The number of aromatic amines is 1. The average Bonchev–Trinajstić information content (AvgIpc) is 3.13. The topological polar surface area (TPSA) is 70.7 Å². The Balaban J connectivity index is 1.44. The molecule has 0 saturated heterocycles. The fourth-order valence-corrected chi connectivity index (χ4v) is 2.88. The fourth-order valence-electron chi connectivity index (χ4n) is 2.12. The Morgan fingerprint density at radius 1 is 1.12 bits per heavy atom. The van der Waals surface area contributed by atoms with Gasteiger partial charge in [-0.1, -0.05) is 71.9 Å². The van der Waals surface area contributed by atoms with Crippen molar-refractivity contribution in [2.45, 2.75) is 11.7 Å². The summed E-state index contributed by atoms with van der Waals surface area (Å²) in [6.07, 6.45) is 3.81. The first kappa shape index (κ1) is 18.2. The van der Waals surface area contributed by atoms with Crippen LogP contribution in [0.25, 0.3) is 12.2 Å². The smallest absolute Gasteiger partial charge is 0.230 e. The largest absolute Gasteiger partial charge is 0.351 e. The third-order valence-corrected chi connectivity index (χ3v) is 4.55. The van der Waals surface area contributed by atoms with Crippen LogP contribution in [0.1, 0.15) is 17.0 Å². The SMILES string of the molecule is O=C(CSc1n[nH]c(/C=C/c2ccccc2)n1)NCc1ccc(Cl)cc1. The van der Waals surface area contributed by atoms with E-state index in [4.69, 9.17) is 11.6 Å². The lowest BCUT2D eigenvalue weighted by Crippen LogP contribution is -2.24. The van der Waals surface area contributed by atoms with Crippen LogP contribution in [0.15, 0.2) is 59.8 Å². The van der Waals surface area contributed by atoms with Crippen molar-refractivity contribution in [3.63, 3.8) is 0 Å². The number of H-pyrrole nitrogens is 1. The van der Waals surface area contributed by atoms with Crippen LogP contribution < -0.4 is 5.32 Å². The number of carbonyl (C=O) groups is 1. The Hall–Kier alpha value is -2.57. The van der Waals surface area contributed by atoms with Crippen molar-refractivity contribution >= 4 is 41.4 Å². The van der Waals surface area contributed by atoms with Crippen molar-refractivity contribution in [3.05, 3.63) is 76.6 Å². The van der Waals surface area contributed by atoms with Crippen molar-refractivity contribution < 1.29 is 4.79 Å². The highest BCUT2D eigenvalue weighted by Crippen LogP contribution is 2.13. The van der Waals surface area contributed by atoms with Crippen LogP contribution >= 0.6 is 23.4 Å². The lowest BCUT2D eigenvalue weighted by atomic mass is 10.2. The Morgan fingerprint density at radius 2 is 1.88 bits per heavy atom. The molecule has 1 aromatic heterocycles. The quantitative estimate of drug-likeness (QED) is 0.603. The van der Waals surface area contributed by atoms with E-state index in [0.29, 0.717) is 22.5 Å². The first-order chi connectivity index (χ1) is 12.7. The van der Waals surface area contributed by atoms with E-state index in [2.05, 4.69) is 20.5 Å². The number of nitrogens with zero attached hydrogens (tertiary/aromatic N) is 2. The van der Waals surface area contributed by atoms with Crippen LogP contribution in [-0.2, 0) is 11.3 Å². The number of halogens is 1. The van der Waals surface area contributed by atoms with Gasteiger partial charge in [0.25, 0.3) is 0 Å². The summed E-state index contributed by atoms with van der Waals surface area (Å²) in [5.74, 6) is 0.835. The Labute approximate surface area is 160 Å². The standard InChI is InChI=1S/C19H17ClN4OS/c20-16-9-6-15(7-10-16)12-21-18(25)13-26-19-22-17(23-24-19)11-8-14-4-2-1-3-5-14/h1-11H,12-13H2,(H,21,25)(H,22,23,24)/b11-8+. The molecule has 1 heterocycles. The van der Waals surface area contributed by atoms with Gasteiger partial charge in [0.2, 0.25) is 11.1 Å². The molecule has 2 N–H and O–H groups in total. The van der Waals surface area contributed by atoms with Crippen molar-refractivity contribution in [1.29, 1.82) is 0 Å². The minimum absolute atomic E-state index is 0.0730. The molecule has 0 aliphatic heterocycles. The van der Waals surface area contributed by atoms with Gasteiger partial charge < -0.3 is 5.32 Å². The molecule has 0 fully saturated rings. The van der Waals surface area contributed by atoms with Gasteiger partial charge >= 0.3 is 0 Å². The minimum atomic E-state index is -0.0730. The second kappa shape index (κ2) is 9.22. The van der Waals surface area contributed by atoms with Crippen molar-refractivity contribution in [2.75, 3.05) is 5.75 Å². The molecule has 26 heavy (non-hydrogen) atoms. The molecule has 0 aliphatic rings. The molecule has 0 radical (unpaired) electrons. The van der Waals surface area contributed by atoms with Crippen molar-refractivity contribution in [3.8, 4) is 0 Å². The number of carbonyl (C=O) groups excluding carboxylic acids is 1. The maximum Gasteiger partial charge on any atom is 0.230 e. The van der Waals surface area contributed by atoms with E-state index in [1.807, 2.05) is 54.6 Å². The first-order valence-electron chi connectivity index (χ1n) is 7.98. The Kier molecular flexibility index (Phi) is 6.46. The minimum Gasteiger partial charge on any atom is -0.351 e. The Morgan fingerprint density at radius 3 is 2.65 bits per heavy atom. The number of nitrogens with one attached hydrogen (secondary N) is 2. The molecule has 3 rings (SSSR count). The average molecular weight is 385 g/mol. The third-order valence-electron chi connectivity index (χ3n) is 3.45. The summed E-state index contributed by atoms with van der Waals surface area (Å²) in [6, 6.07) is 17.3. The van der Waals surface area contributed by atoms with E-state index in [0.717, 1.165) is 11.1 Å². The van der Waals surface area contributed by atoms with Gasteiger partial charge in [0.15, 0.2) is 0 Å². The molecule has 5 nitrogen and oxygen atoms in total. The summed E-state index contributed by atoms with van der Waals surface area (Å²) >= 11 is 7.13. The third kappa shape index (κ3) is 5.75. The van der Waals surface area contributed by atoms with E-state index in [1.54, 1.807) is 12.1 Å². The Bertz CT molecular complexity index is 878. The zero-order valence-corrected chi connectivity index (χ0v) is 15.4. The van der Waals surface area contributed by atoms with Gasteiger partial charge in [-0.15, -0.1) is 5.10 Å². The van der Waals surface area contributed by atoms with Crippen LogP contribution in [0.5, 0.6) is 0 Å². The van der Waals surface area contributed by atoms with E-state index in [1.165, 1.54) is 11.8 Å². The van der Waals surface area contributed by atoms with Gasteiger partial charge in [-0.2, -0.15) is 0 Å². The predicted octanol–water partition coefficient (Wildman–Crippen LogP) is 4.04. The van der Waals surface area contributed by atoms with Gasteiger partial charge in [-0.25, -0.2) is 4.98 Å². The monoisotopic (exact) mass is 384 g/mol. The molecular formula is C19H17ClN4OS. The maximum absolute atomic E-state index is 11.9. The normalized spacial score (nSPS) is 11.0. The number of hydrogen-bond donors (Lipinski definition) is 2. The number of benzene rings is 2. The molecule has 0 unspecified atom stereocenters. The molecule has 0 spiro atoms. The van der Waals surface area contributed by atoms with Crippen LogP contribution in [0.4, 0.5) is 0 Å². The van der Waals surface area contributed by atoms with Gasteiger partial charge in [0.05, 0.1) is 5.75 Å². The molecule has 7 heteroatoms. The summed E-state index contributed by atoms with van der Waals surface area (Å²) in [7, 11) is 0. The van der Waals surface area contributed by atoms with Crippen LogP contribution in [0, 0.1) is 0 Å². The molecule has 0 saturated carbocycles. The van der Waals surface area contributed by atoms with Crippen LogP contribution in [-0.4, -0.2) is 26.8 Å². The van der Waals surface area contributed by atoms with Crippen LogP contribution in [0.2, 0.25) is 5.02 Å². The second-order valence-electron chi connectivity index (χ2n) is 5.44. The summed E-state index contributed by atoms with van der Waals surface area (Å²) < 4.78 is 0. The number of thioether (sulfide) groups is 1. The molecule has 3 aromatic rings. The predicted molar refractivity (Wildman–Crippen MR) is 106 cm³/mol. The molecule has 2 aromatic carbocycles. The van der Waals surface area contributed by atoms with E-state index in [-0.39, 0.29) is 11.7 Å². The van der Waals surface area contributed by atoms with Gasteiger partial charge in [0.1, 0.15) is 5.82 Å². The number of amides is 1. The first-order valence-corrected chi connectivity index (χ1v) is 9.35.